The van der Waals surface area contributed by atoms with Crippen molar-refractivity contribution in [1.29, 1.82) is 0 Å². The quantitative estimate of drug-likeness (QED) is 0.575. The van der Waals surface area contributed by atoms with E-state index in [1.165, 1.54) is 0 Å². The van der Waals surface area contributed by atoms with Crippen LogP contribution in [0.15, 0.2) is 29.2 Å². The van der Waals surface area contributed by atoms with Gasteiger partial charge in [0.05, 0.1) is 16.4 Å². The number of Topliss-reactive ketones (excluding diaryl/α,β-unsaturated/α-hetero) is 1. The van der Waals surface area contributed by atoms with E-state index < -0.39 is 0 Å². The standard InChI is InChI=1S/C16H19ClN2OS/c1-4-14-16(17)15(19(5-2)18-14)10-21-13-8-6-12(7-9-13)11(3)20/h6-9H,4-5,10H2,1-3H3. The fourth-order valence-corrected chi connectivity index (χ4v) is 3.43. The Morgan fingerprint density at radius 1 is 1.29 bits per heavy atom. The van der Waals surface area contributed by atoms with Crippen molar-refractivity contribution in [3.63, 3.8) is 0 Å². The number of aromatic nitrogens is 2. The van der Waals surface area contributed by atoms with Crippen LogP contribution in [0.5, 0.6) is 0 Å². The first-order valence-electron chi connectivity index (χ1n) is 7.04. The molecule has 0 N–H and O–H groups in total. The normalized spacial score (nSPS) is 10.9. The lowest BCUT2D eigenvalue weighted by atomic mass is 10.2. The lowest BCUT2D eigenvalue weighted by Gasteiger charge is -2.06. The van der Waals surface area contributed by atoms with Gasteiger partial charge in [-0.25, -0.2) is 0 Å². The molecule has 0 spiro atoms. The highest BCUT2D eigenvalue weighted by Crippen LogP contribution is 2.29. The van der Waals surface area contributed by atoms with Crippen molar-refractivity contribution < 1.29 is 4.79 Å². The van der Waals surface area contributed by atoms with E-state index in [0.717, 1.165) is 45.6 Å². The summed E-state index contributed by atoms with van der Waals surface area (Å²) in [6, 6.07) is 7.67. The Labute approximate surface area is 134 Å². The number of aryl methyl sites for hydroxylation is 2. The van der Waals surface area contributed by atoms with E-state index in [4.69, 9.17) is 11.6 Å². The smallest absolute Gasteiger partial charge is 0.159 e. The predicted molar refractivity (Wildman–Crippen MR) is 88.3 cm³/mol. The van der Waals surface area contributed by atoms with Crippen LogP contribution in [0.1, 0.15) is 42.5 Å². The summed E-state index contributed by atoms with van der Waals surface area (Å²) in [5.74, 6) is 0.866. The Morgan fingerprint density at radius 3 is 2.48 bits per heavy atom. The van der Waals surface area contributed by atoms with E-state index in [-0.39, 0.29) is 5.78 Å². The molecule has 0 saturated heterocycles. The fraction of sp³-hybridized carbons (Fsp3) is 0.375. The summed E-state index contributed by atoms with van der Waals surface area (Å²) in [6.45, 7) is 6.52. The van der Waals surface area contributed by atoms with Crippen molar-refractivity contribution in [2.75, 3.05) is 0 Å². The minimum atomic E-state index is 0.0891. The maximum Gasteiger partial charge on any atom is 0.159 e. The third-order valence-corrected chi connectivity index (χ3v) is 4.79. The number of carbonyl (C=O) groups is 1. The lowest BCUT2D eigenvalue weighted by molar-refractivity contribution is 0.101. The van der Waals surface area contributed by atoms with Gasteiger partial charge >= 0.3 is 0 Å². The maximum absolute atomic E-state index is 11.3. The summed E-state index contributed by atoms with van der Waals surface area (Å²) in [5.41, 5.74) is 2.77. The van der Waals surface area contributed by atoms with Gasteiger partial charge in [0.2, 0.25) is 0 Å². The van der Waals surface area contributed by atoms with Crippen molar-refractivity contribution in [3.8, 4) is 0 Å². The first-order valence-corrected chi connectivity index (χ1v) is 8.41. The van der Waals surface area contributed by atoms with E-state index in [2.05, 4.69) is 18.9 Å². The third kappa shape index (κ3) is 3.69. The molecular formula is C16H19ClN2OS. The highest BCUT2D eigenvalue weighted by molar-refractivity contribution is 7.98. The van der Waals surface area contributed by atoms with E-state index in [1.54, 1.807) is 18.7 Å². The van der Waals surface area contributed by atoms with Gasteiger partial charge in [-0.15, -0.1) is 11.8 Å². The maximum atomic E-state index is 11.3. The Hall–Kier alpha value is -1.26. The highest BCUT2D eigenvalue weighted by Gasteiger charge is 2.14. The second kappa shape index (κ2) is 7.14. The van der Waals surface area contributed by atoms with Crippen LogP contribution in [0.25, 0.3) is 0 Å². The average Bonchev–Trinajstić information content (AvgIpc) is 2.81. The molecule has 1 aromatic heterocycles. The van der Waals surface area contributed by atoms with Crippen LogP contribution in [0.3, 0.4) is 0 Å². The molecule has 5 heteroatoms. The van der Waals surface area contributed by atoms with Crippen LogP contribution < -0.4 is 0 Å². The van der Waals surface area contributed by atoms with Crippen LogP contribution in [-0.2, 0) is 18.7 Å². The fourth-order valence-electron chi connectivity index (χ4n) is 2.09. The molecule has 0 aliphatic heterocycles. The minimum absolute atomic E-state index is 0.0891. The molecule has 0 aliphatic carbocycles. The Morgan fingerprint density at radius 2 is 1.95 bits per heavy atom. The first-order chi connectivity index (χ1) is 10.1. The zero-order valence-electron chi connectivity index (χ0n) is 12.5. The van der Waals surface area contributed by atoms with Gasteiger partial charge in [-0.05, 0) is 32.4 Å². The van der Waals surface area contributed by atoms with Crippen LogP contribution in [-0.4, -0.2) is 15.6 Å². The molecule has 1 heterocycles. The van der Waals surface area contributed by atoms with Crippen molar-refractivity contribution in [1.82, 2.24) is 9.78 Å². The molecule has 2 rings (SSSR count). The summed E-state index contributed by atoms with van der Waals surface area (Å²) in [7, 11) is 0. The zero-order valence-corrected chi connectivity index (χ0v) is 14.1. The van der Waals surface area contributed by atoms with Crippen LogP contribution >= 0.6 is 23.4 Å². The molecule has 21 heavy (non-hydrogen) atoms. The van der Waals surface area contributed by atoms with Gasteiger partial charge in [0.15, 0.2) is 5.78 Å². The van der Waals surface area contributed by atoms with Gasteiger partial charge in [0.25, 0.3) is 0 Å². The Bertz CT molecular complexity index is 634. The number of ketones is 1. The zero-order chi connectivity index (χ0) is 15.4. The molecule has 0 atom stereocenters. The average molecular weight is 323 g/mol. The van der Waals surface area contributed by atoms with Gasteiger partial charge in [-0.1, -0.05) is 30.7 Å². The molecule has 1 aromatic carbocycles. The van der Waals surface area contributed by atoms with Crippen molar-refractivity contribution in [3.05, 3.63) is 46.2 Å². The molecule has 112 valence electrons. The monoisotopic (exact) mass is 322 g/mol. The molecule has 0 radical (unpaired) electrons. The van der Waals surface area contributed by atoms with E-state index >= 15 is 0 Å². The number of rotatable bonds is 6. The van der Waals surface area contributed by atoms with Crippen molar-refractivity contribution in [2.24, 2.45) is 0 Å². The van der Waals surface area contributed by atoms with Gasteiger partial charge < -0.3 is 0 Å². The van der Waals surface area contributed by atoms with E-state index in [0.29, 0.717) is 0 Å². The molecule has 2 aromatic rings. The Kier molecular flexibility index (Phi) is 5.48. The number of hydrogen-bond donors (Lipinski definition) is 0. The molecule has 0 unspecified atom stereocenters. The van der Waals surface area contributed by atoms with Gasteiger partial charge in [0, 0.05) is 22.8 Å². The van der Waals surface area contributed by atoms with E-state index in [9.17, 15) is 4.79 Å². The molecule has 0 saturated carbocycles. The van der Waals surface area contributed by atoms with Gasteiger partial charge in [-0.3, -0.25) is 9.48 Å². The minimum Gasteiger partial charge on any atom is -0.295 e. The van der Waals surface area contributed by atoms with E-state index in [1.807, 2.05) is 28.9 Å². The topological polar surface area (TPSA) is 34.9 Å². The summed E-state index contributed by atoms with van der Waals surface area (Å²) in [6.07, 6.45) is 0.844. The van der Waals surface area contributed by atoms with Crippen LogP contribution in [0, 0.1) is 0 Å². The third-order valence-electron chi connectivity index (χ3n) is 3.33. The largest absolute Gasteiger partial charge is 0.295 e. The molecule has 0 amide bonds. The lowest BCUT2D eigenvalue weighted by Crippen LogP contribution is -2.01. The van der Waals surface area contributed by atoms with Crippen molar-refractivity contribution >= 4 is 29.1 Å². The number of halogens is 1. The Balaban J connectivity index is 2.12. The van der Waals surface area contributed by atoms with Gasteiger partial charge in [0.1, 0.15) is 0 Å². The van der Waals surface area contributed by atoms with Crippen molar-refractivity contribution in [2.45, 2.75) is 44.4 Å². The summed E-state index contributed by atoms with van der Waals surface area (Å²) in [4.78, 5) is 12.4. The molecule has 0 fully saturated rings. The summed E-state index contributed by atoms with van der Waals surface area (Å²) in [5, 5.41) is 5.31. The number of nitrogens with zero attached hydrogens (tertiary/aromatic N) is 2. The predicted octanol–water partition coefficient (Wildman–Crippen LogP) is 4.61. The number of benzene rings is 1. The van der Waals surface area contributed by atoms with Crippen LogP contribution in [0.4, 0.5) is 0 Å². The van der Waals surface area contributed by atoms with Gasteiger partial charge in [-0.2, -0.15) is 5.10 Å². The summed E-state index contributed by atoms with van der Waals surface area (Å²) < 4.78 is 1.97. The second-order valence-electron chi connectivity index (χ2n) is 4.75. The number of thioether (sulfide) groups is 1. The summed E-state index contributed by atoms with van der Waals surface area (Å²) >= 11 is 8.10. The molecule has 0 aliphatic rings. The van der Waals surface area contributed by atoms with Crippen LogP contribution in [0.2, 0.25) is 5.02 Å². The number of carbonyl (C=O) groups excluding carboxylic acids is 1. The molecule has 3 nitrogen and oxygen atoms in total. The molecular weight excluding hydrogens is 304 g/mol. The highest BCUT2D eigenvalue weighted by atomic mass is 35.5. The SMILES string of the molecule is CCc1nn(CC)c(CSc2ccc(C(C)=O)cc2)c1Cl. The second-order valence-corrected chi connectivity index (χ2v) is 6.17. The first kappa shape index (κ1) is 16.1. The number of hydrogen-bond acceptors (Lipinski definition) is 3. The molecule has 0 bridgehead atoms.